The molecule has 0 saturated carbocycles. The Balaban J connectivity index is 1.57. The van der Waals surface area contributed by atoms with Crippen molar-refractivity contribution < 1.29 is 14.0 Å². The molecule has 2 amide bonds. The van der Waals surface area contributed by atoms with Gasteiger partial charge < -0.3 is 18.8 Å². The van der Waals surface area contributed by atoms with Crippen LogP contribution in [0.15, 0.2) is 22.9 Å². The first-order valence-corrected chi connectivity index (χ1v) is 8.07. The lowest BCUT2D eigenvalue weighted by Gasteiger charge is -2.34. The fraction of sp³-hybridized carbons (Fsp3) is 0.471. The summed E-state index contributed by atoms with van der Waals surface area (Å²) in [6.45, 7) is 7.97. The molecule has 0 bridgehead atoms. The molecule has 0 unspecified atom stereocenters. The molecular weight excluding hydrogens is 308 g/mol. The van der Waals surface area contributed by atoms with Crippen LogP contribution in [0.1, 0.15) is 27.7 Å². The lowest BCUT2D eigenvalue weighted by molar-refractivity contribution is -0.133. The zero-order valence-corrected chi connectivity index (χ0v) is 14.3. The summed E-state index contributed by atoms with van der Waals surface area (Å²) in [5.74, 6) is 2.23. The van der Waals surface area contributed by atoms with E-state index in [0.29, 0.717) is 44.0 Å². The average molecular weight is 330 g/mol. The van der Waals surface area contributed by atoms with Crippen LogP contribution in [-0.2, 0) is 11.3 Å². The summed E-state index contributed by atoms with van der Waals surface area (Å²) in [6, 6.07) is 1.77. The first kappa shape index (κ1) is 16.3. The average Bonchev–Trinajstić information content (AvgIpc) is 3.12. The van der Waals surface area contributed by atoms with Crippen molar-refractivity contribution in [3.05, 3.63) is 41.4 Å². The third-order valence-electron chi connectivity index (χ3n) is 4.42. The Kier molecular flexibility index (Phi) is 4.42. The summed E-state index contributed by atoms with van der Waals surface area (Å²) < 4.78 is 7.27. The summed E-state index contributed by atoms with van der Waals surface area (Å²) in [7, 11) is 0. The molecule has 0 spiro atoms. The molecule has 0 radical (unpaired) electrons. The van der Waals surface area contributed by atoms with Gasteiger partial charge in [-0.05, 0) is 26.8 Å². The van der Waals surface area contributed by atoms with Gasteiger partial charge in [-0.25, -0.2) is 4.98 Å². The first-order chi connectivity index (χ1) is 11.5. The molecule has 3 heterocycles. The molecule has 7 heteroatoms. The van der Waals surface area contributed by atoms with Gasteiger partial charge >= 0.3 is 0 Å². The number of hydrogen-bond donors (Lipinski definition) is 0. The van der Waals surface area contributed by atoms with Gasteiger partial charge in [0.1, 0.15) is 23.9 Å². The van der Waals surface area contributed by atoms with Crippen LogP contribution in [-0.4, -0.2) is 57.3 Å². The van der Waals surface area contributed by atoms with Crippen LogP contribution in [0.4, 0.5) is 0 Å². The molecule has 1 fully saturated rings. The van der Waals surface area contributed by atoms with Gasteiger partial charge in [0, 0.05) is 38.6 Å². The maximum absolute atomic E-state index is 12.6. The van der Waals surface area contributed by atoms with Crippen molar-refractivity contribution in [1.29, 1.82) is 0 Å². The summed E-state index contributed by atoms with van der Waals surface area (Å²) in [5.41, 5.74) is 0.612. The summed E-state index contributed by atoms with van der Waals surface area (Å²) in [4.78, 5) is 32.6. The molecule has 2 aromatic heterocycles. The van der Waals surface area contributed by atoms with Gasteiger partial charge in [-0.3, -0.25) is 9.59 Å². The zero-order valence-electron chi connectivity index (χ0n) is 14.3. The number of piperazine rings is 1. The second-order valence-corrected chi connectivity index (χ2v) is 6.10. The lowest BCUT2D eigenvalue weighted by Crippen LogP contribution is -2.51. The van der Waals surface area contributed by atoms with Gasteiger partial charge in [-0.15, -0.1) is 0 Å². The van der Waals surface area contributed by atoms with E-state index in [2.05, 4.69) is 4.98 Å². The molecule has 24 heavy (non-hydrogen) atoms. The SMILES string of the molecule is Cc1cc(C(=O)N2CCN(C(=O)Cn3ccnc3C)CC2)c(C)o1. The van der Waals surface area contributed by atoms with E-state index >= 15 is 0 Å². The number of amides is 2. The molecule has 0 aliphatic carbocycles. The van der Waals surface area contributed by atoms with Gasteiger partial charge in [0.05, 0.1) is 5.56 Å². The Bertz CT molecular complexity index is 754. The van der Waals surface area contributed by atoms with Crippen LogP contribution in [0.3, 0.4) is 0 Å². The Morgan fingerprint density at radius 1 is 1.12 bits per heavy atom. The Labute approximate surface area is 140 Å². The predicted molar refractivity (Wildman–Crippen MR) is 87.6 cm³/mol. The fourth-order valence-corrected chi connectivity index (χ4v) is 2.99. The maximum atomic E-state index is 12.6. The molecule has 0 atom stereocenters. The molecule has 2 aromatic rings. The number of hydrogen-bond acceptors (Lipinski definition) is 4. The number of aryl methyl sites for hydroxylation is 3. The molecule has 1 saturated heterocycles. The second-order valence-electron chi connectivity index (χ2n) is 6.10. The third-order valence-corrected chi connectivity index (χ3v) is 4.42. The molecular formula is C17H22N4O3. The predicted octanol–water partition coefficient (Wildman–Crippen LogP) is 1.39. The standard InChI is InChI=1S/C17H22N4O3/c1-12-10-15(13(2)24-12)17(23)20-8-6-19(7-9-20)16(22)11-21-5-4-18-14(21)3/h4-5,10H,6-9,11H2,1-3H3. The maximum Gasteiger partial charge on any atom is 0.257 e. The molecule has 0 aromatic carbocycles. The minimum Gasteiger partial charge on any atom is -0.466 e. The van der Waals surface area contributed by atoms with E-state index in [1.54, 1.807) is 35.2 Å². The molecule has 1 aliphatic heterocycles. The van der Waals surface area contributed by atoms with E-state index in [0.717, 1.165) is 11.6 Å². The van der Waals surface area contributed by atoms with E-state index < -0.39 is 0 Å². The van der Waals surface area contributed by atoms with Gasteiger partial charge in [0.2, 0.25) is 5.91 Å². The number of rotatable bonds is 3. The van der Waals surface area contributed by atoms with Gasteiger partial charge in [-0.1, -0.05) is 0 Å². The second kappa shape index (κ2) is 6.51. The fourth-order valence-electron chi connectivity index (χ4n) is 2.99. The van der Waals surface area contributed by atoms with Crippen LogP contribution in [0.2, 0.25) is 0 Å². The number of nitrogens with zero attached hydrogens (tertiary/aromatic N) is 4. The highest BCUT2D eigenvalue weighted by atomic mass is 16.3. The highest BCUT2D eigenvalue weighted by Gasteiger charge is 2.26. The van der Waals surface area contributed by atoms with E-state index in [1.165, 1.54) is 0 Å². The van der Waals surface area contributed by atoms with E-state index in [9.17, 15) is 9.59 Å². The number of aromatic nitrogens is 2. The summed E-state index contributed by atoms with van der Waals surface area (Å²) >= 11 is 0. The number of carbonyl (C=O) groups is 2. The van der Waals surface area contributed by atoms with Crippen molar-refractivity contribution >= 4 is 11.8 Å². The zero-order chi connectivity index (χ0) is 17.3. The molecule has 3 rings (SSSR count). The quantitative estimate of drug-likeness (QED) is 0.852. The van der Waals surface area contributed by atoms with Crippen molar-refractivity contribution in [2.45, 2.75) is 27.3 Å². The highest BCUT2D eigenvalue weighted by Crippen LogP contribution is 2.17. The van der Waals surface area contributed by atoms with Crippen molar-refractivity contribution in [3.8, 4) is 0 Å². The molecule has 1 aliphatic rings. The third kappa shape index (κ3) is 3.20. The highest BCUT2D eigenvalue weighted by molar-refractivity contribution is 5.95. The largest absolute Gasteiger partial charge is 0.466 e. The Morgan fingerprint density at radius 3 is 2.33 bits per heavy atom. The van der Waals surface area contributed by atoms with Crippen LogP contribution < -0.4 is 0 Å². The van der Waals surface area contributed by atoms with Gasteiger partial charge in [0.15, 0.2) is 0 Å². The number of carbonyl (C=O) groups excluding carboxylic acids is 2. The normalized spacial score (nSPS) is 15.0. The smallest absolute Gasteiger partial charge is 0.257 e. The number of furan rings is 1. The monoisotopic (exact) mass is 330 g/mol. The van der Waals surface area contributed by atoms with E-state index in [4.69, 9.17) is 4.42 Å². The summed E-state index contributed by atoms with van der Waals surface area (Å²) in [6.07, 6.45) is 3.49. The molecule has 0 N–H and O–H groups in total. The van der Waals surface area contributed by atoms with Crippen LogP contribution in [0.5, 0.6) is 0 Å². The van der Waals surface area contributed by atoms with Crippen LogP contribution >= 0.6 is 0 Å². The Hall–Kier alpha value is -2.57. The lowest BCUT2D eigenvalue weighted by atomic mass is 10.2. The Morgan fingerprint density at radius 2 is 1.79 bits per heavy atom. The van der Waals surface area contributed by atoms with Gasteiger partial charge in [-0.2, -0.15) is 0 Å². The first-order valence-electron chi connectivity index (χ1n) is 8.07. The van der Waals surface area contributed by atoms with Crippen molar-refractivity contribution in [2.75, 3.05) is 26.2 Å². The minimum atomic E-state index is -0.0260. The molecule has 128 valence electrons. The van der Waals surface area contributed by atoms with Crippen molar-refractivity contribution in [3.63, 3.8) is 0 Å². The number of imidazole rings is 1. The molecule has 7 nitrogen and oxygen atoms in total. The van der Waals surface area contributed by atoms with Gasteiger partial charge in [0.25, 0.3) is 5.91 Å². The van der Waals surface area contributed by atoms with Crippen molar-refractivity contribution in [1.82, 2.24) is 19.4 Å². The van der Waals surface area contributed by atoms with Crippen LogP contribution in [0, 0.1) is 20.8 Å². The van der Waals surface area contributed by atoms with E-state index in [-0.39, 0.29) is 11.8 Å². The minimum absolute atomic E-state index is 0.0260. The van der Waals surface area contributed by atoms with Crippen LogP contribution in [0.25, 0.3) is 0 Å². The van der Waals surface area contributed by atoms with E-state index in [1.807, 2.05) is 18.4 Å². The topological polar surface area (TPSA) is 71.6 Å². The van der Waals surface area contributed by atoms with Crippen molar-refractivity contribution in [2.24, 2.45) is 0 Å². The summed E-state index contributed by atoms with van der Waals surface area (Å²) in [5, 5.41) is 0.